The van der Waals surface area contributed by atoms with Gasteiger partial charge in [-0.3, -0.25) is 9.59 Å². The topological polar surface area (TPSA) is 82.4 Å². The Morgan fingerprint density at radius 2 is 2.07 bits per heavy atom. The van der Waals surface area contributed by atoms with E-state index in [0.29, 0.717) is 17.9 Å². The zero-order valence-corrected chi connectivity index (χ0v) is 15.6. The molecule has 3 rings (SSSR count). The predicted octanol–water partition coefficient (Wildman–Crippen LogP) is 3.68. The van der Waals surface area contributed by atoms with Crippen molar-refractivity contribution in [2.45, 2.75) is 19.8 Å². The smallest absolute Gasteiger partial charge is 0.248 e. The Labute approximate surface area is 164 Å². The average molecular weight is 375 g/mol. The Kier molecular flexibility index (Phi) is 6.07. The second-order valence-electron chi connectivity index (χ2n) is 6.49. The number of carbonyl (C=O) groups excluding carboxylic acids is 2. The van der Waals surface area contributed by atoms with Crippen LogP contribution in [0.2, 0.25) is 0 Å². The highest BCUT2D eigenvalue weighted by Crippen LogP contribution is 2.27. The van der Waals surface area contributed by atoms with Gasteiger partial charge in [-0.05, 0) is 60.9 Å². The van der Waals surface area contributed by atoms with Crippen LogP contribution >= 0.6 is 0 Å². The van der Waals surface area contributed by atoms with Crippen molar-refractivity contribution in [3.8, 4) is 11.8 Å². The van der Waals surface area contributed by atoms with E-state index in [4.69, 9.17) is 10.00 Å². The zero-order valence-electron chi connectivity index (χ0n) is 15.6. The van der Waals surface area contributed by atoms with E-state index in [9.17, 15) is 9.59 Å². The van der Waals surface area contributed by atoms with Crippen LogP contribution in [0.15, 0.2) is 48.5 Å². The second kappa shape index (κ2) is 8.87. The summed E-state index contributed by atoms with van der Waals surface area (Å²) in [5.41, 5.74) is 3.38. The predicted molar refractivity (Wildman–Crippen MR) is 108 cm³/mol. The van der Waals surface area contributed by atoms with Crippen LogP contribution in [0, 0.1) is 18.3 Å². The normalized spacial score (nSPS) is 13.6. The van der Waals surface area contributed by atoms with Gasteiger partial charge in [0.15, 0.2) is 6.61 Å². The highest BCUT2D eigenvalue weighted by Gasteiger charge is 2.22. The van der Waals surface area contributed by atoms with E-state index >= 15 is 0 Å². The van der Waals surface area contributed by atoms with Crippen LogP contribution in [0.3, 0.4) is 0 Å². The molecule has 6 heteroatoms. The first kappa shape index (κ1) is 19.2. The lowest BCUT2D eigenvalue weighted by Crippen LogP contribution is -2.24. The van der Waals surface area contributed by atoms with Crippen LogP contribution in [0.5, 0.6) is 5.75 Å². The third-order valence-corrected chi connectivity index (χ3v) is 4.44. The molecule has 1 N–H and O–H groups in total. The number of carbonyl (C=O) groups is 2. The maximum absolute atomic E-state index is 12.2. The van der Waals surface area contributed by atoms with Crippen molar-refractivity contribution in [1.29, 1.82) is 5.26 Å². The molecule has 6 nitrogen and oxygen atoms in total. The summed E-state index contributed by atoms with van der Waals surface area (Å²) in [6, 6.07) is 14.6. The molecule has 1 saturated heterocycles. The summed E-state index contributed by atoms with van der Waals surface area (Å²) < 4.78 is 5.19. The lowest BCUT2D eigenvalue weighted by Gasteiger charge is -2.19. The van der Waals surface area contributed by atoms with Crippen molar-refractivity contribution in [2.75, 3.05) is 23.4 Å². The van der Waals surface area contributed by atoms with Gasteiger partial charge in [-0.1, -0.05) is 12.1 Å². The van der Waals surface area contributed by atoms with Crippen molar-refractivity contribution >= 4 is 29.3 Å². The summed E-state index contributed by atoms with van der Waals surface area (Å²) >= 11 is 0. The number of hydrogen-bond acceptors (Lipinski definition) is 4. The Balaban J connectivity index is 1.60. The van der Waals surface area contributed by atoms with Crippen LogP contribution in [-0.2, 0) is 9.59 Å². The van der Waals surface area contributed by atoms with Gasteiger partial charge in [-0.15, -0.1) is 0 Å². The minimum atomic E-state index is -0.241. The molecule has 142 valence electrons. The minimum Gasteiger partial charge on any atom is -0.479 e. The van der Waals surface area contributed by atoms with Crippen molar-refractivity contribution < 1.29 is 14.3 Å². The first-order valence-electron chi connectivity index (χ1n) is 9.07. The van der Waals surface area contributed by atoms with Crippen molar-refractivity contribution in [3.05, 3.63) is 59.7 Å². The summed E-state index contributed by atoms with van der Waals surface area (Å²) in [7, 11) is 0. The molecule has 0 atom stereocenters. The molecular weight excluding hydrogens is 354 g/mol. The quantitative estimate of drug-likeness (QED) is 0.781. The van der Waals surface area contributed by atoms with E-state index in [1.54, 1.807) is 29.2 Å². The van der Waals surface area contributed by atoms with Gasteiger partial charge in [0, 0.05) is 30.4 Å². The first-order valence-corrected chi connectivity index (χ1v) is 9.07. The summed E-state index contributed by atoms with van der Waals surface area (Å²) in [4.78, 5) is 25.9. The van der Waals surface area contributed by atoms with E-state index < -0.39 is 0 Å². The summed E-state index contributed by atoms with van der Waals surface area (Å²) in [6.45, 7) is 2.68. The molecule has 0 unspecified atom stereocenters. The molecule has 0 aromatic heterocycles. The molecule has 2 aromatic carbocycles. The lowest BCUT2D eigenvalue weighted by molar-refractivity contribution is -0.117. The third-order valence-electron chi connectivity index (χ3n) is 4.44. The van der Waals surface area contributed by atoms with Crippen molar-refractivity contribution in [1.82, 2.24) is 0 Å². The van der Waals surface area contributed by atoms with Gasteiger partial charge in [0.05, 0.1) is 0 Å². The molecule has 2 aromatic rings. The number of nitrogens with one attached hydrogen (secondary N) is 1. The number of anilines is 2. The van der Waals surface area contributed by atoms with E-state index in [-0.39, 0.29) is 18.4 Å². The number of rotatable bonds is 6. The second-order valence-corrected chi connectivity index (χ2v) is 6.49. The Morgan fingerprint density at radius 1 is 1.29 bits per heavy atom. The molecule has 1 fully saturated rings. The number of nitriles is 1. The SMILES string of the molecule is Cc1cc(NC(=O)/C=C/c2ccc(OCC#N)cc2)ccc1N1CCCC1=O. The monoisotopic (exact) mass is 375 g/mol. The molecule has 1 aliphatic rings. The van der Waals surface area contributed by atoms with Gasteiger partial charge in [0.25, 0.3) is 0 Å². The average Bonchev–Trinajstić information content (AvgIpc) is 3.11. The highest BCUT2D eigenvalue weighted by molar-refractivity contribution is 6.02. The third kappa shape index (κ3) is 4.77. The molecule has 0 aliphatic carbocycles. The molecule has 2 amide bonds. The molecule has 0 radical (unpaired) electrons. The van der Waals surface area contributed by atoms with Crippen LogP contribution in [0.4, 0.5) is 11.4 Å². The summed E-state index contributed by atoms with van der Waals surface area (Å²) in [5, 5.41) is 11.3. The molecule has 28 heavy (non-hydrogen) atoms. The van der Waals surface area contributed by atoms with Crippen molar-refractivity contribution in [3.63, 3.8) is 0 Å². The molecular formula is C22H21N3O3. The van der Waals surface area contributed by atoms with Crippen LogP contribution < -0.4 is 15.0 Å². The van der Waals surface area contributed by atoms with Gasteiger partial charge in [0.2, 0.25) is 11.8 Å². The highest BCUT2D eigenvalue weighted by atomic mass is 16.5. The van der Waals surface area contributed by atoms with Gasteiger partial charge in [0.1, 0.15) is 11.8 Å². The minimum absolute atomic E-state index is 0.00171. The maximum atomic E-state index is 12.2. The molecule has 0 spiro atoms. The fourth-order valence-electron chi connectivity index (χ4n) is 3.09. The standard InChI is InChI=1S/C22H21N3O3/c1-16-15-18(7-10-20(16)25-13-2-3-22(25)27)24-21(26)11-6-17-4-8-19(9-5-17)28-14-12-23/h4-11,15H,2-3,13-14H2,1H3,(H,24,26)/b11-6+. The van der Waals surface area contributed by atoms with Gasteiger partial charge in [-0.2, -0.15) is 5.26 Å². The van der Waals surface area contributed by atoms with Crippen molar-refractivity contribution in [2.24, 2.45) is 0 Å². The number of nitrogens with zero attached hydrogens (tertiary/aromatic N) is 2. The number of hydrogen-bond donors (Lipinski definition) is 1. The van der Waals surface area contributed by atoms with Gasteiger partial charge in [-0.25, -0.2) is 0 Å². The van der Waals surface area contributed by atoms with E-state index in [1.165, 1.54) is 6.08 Å². The lowest BCUT2D eigenvalue weighted by atomic mass is 10.1. The fraction of sp³-hybridized carbons (Fsp3) is 0.227. The van der Waals surface area contributed by atoms with Gasteiger partial charge < -0.3 is 15.0 Å². The number of amides is 2. The molecule has 0 bridgehead atoms. The summed E-state index contributed by atoms with van der Waals surface area (Å²) in [6.07, 6.45) is 4.63. The van der Waals surface area contributed by atoms with E-state index in [0.717, 1.165) is 29.8 Å². The largest absolute Gasteiger partial charge is 0.479 e. The van der Waals surface area contributed by atoms with Crippen LogP contribution in [0.1, 0.15) is 24.0 Å². The fourth-order valence-corrected chi connectivity index (χ4v) is 3.09. The van der Waals surface area contributed by atoms with Crippen LogP contribution in [-0.4, -0.2) is 25.0 Å². The number of benzene rings is 2. The Morgan fingerprint density at radius 3 is 2.71 bits per heavy atom. The zero-order chi connectivity index (χ0) is 19.9. The Hall–Kier alpha value is -3.59. The van der Waals surface area contributed by atoms with Crippen LogP contribution in [0.25, 0.3) is 6.08 Å². The van der Waals surface area contributed by atoms with E-state index in [2.05, 4.69) is 5.32 Å². The van der Waals surface area contributed by atoms with E-state index in [1.807, 2.05) is 37.3 Å². The molecule has 0 saturated carbocycles. The summed E-state index contributed by atoms with van der Waals surface area (Å²) in [5.74, 6) is 0.510. The number of ether oxygens (including phenoxy) is 1. The number of aryl methyl sites for hydroxylation is 1. The first-order chi connectivity index (χ1) is 13.6. The Bertz CT molecular complexity index is 942. The molecule has 1 heterocycles. The maximum Gasteiger partial charge on any atom is 0.248 e. The van der Waals surface area contributed by atoms with Gasteiger partial charge >= 0.3 is 0 Å². The molecule has 1 aliphatic heterocycles.